The maximum absolute atomic E-state index is 11.4. The summed E-state index contributed by atoms with van der Waals surface area (Å²) in [5.41, 5.74) is 3.66. The average Bonchev–Trinajstić information content (AvgIpc) is 0.828. The number of aromatic amines is 2. The van der Waals surface area contributed by atoms with Crippen molar-refractivity contribution in [3.8, 4) is 0 Å². The topological polar surface area (TPSA) is 133 Å². The second-order valence-corrected chi connectivity index (χ2v) is 25.3. The van der Waals surface area contributed by atoms with Gasteiger partial charge in [-0.3, -0.25) is 9.78 Å². The normalized spacial score (nSPS) is 10.7. The number of H-pyrrole nitrogens is 2. The van der Waals surface area contributed by atoms with Crippen LogP contribution in [0.3, 0.4) is 0 Å². The van der Waals surface area contributed by atoms with Crippen molar-refractivity contribution < 1.29 is 14.3 Å². The van der Waals surface area contributed by atoms with Crippen LogP contribution < -0.4 is 16.9 Å². The Morgan fingerprint density at radius 1 is 0.426 bits per heavy atom. The minimum Gasteiger partial charge on any atom is -0.478 e. The summed E-state index contributed by atoms with van der Waals surface area (Å²) < 4.78 is 4.91. The molecule has 0 spiro atoms. The number of nitrogens with one attached hydrogen (secondary N) is 2. The summed E-state index contributed by atoms with van der Waals surface area (Å²) in [7, 11) is 0. The van der Waals surface area contributed by atoms with E-state index in [0.717, 1.165) is 53.5 Å². The van der Waals surface area contributed by atoms with Crippen molar-refractivity contribution in [1.82, 2.24) is 9.97 Å². The third-order valence-corrected chi connectivity index (χ3v) is 14.5. The molecule has 9 aromatic rings. The van der Waals surface area contributed by atoms with Crippen LogP contribution in [-0.4, -0.2) is 21.0 Å². The standard InChI is InChI=1S/C14H10.C14H12.C11H18N2O2.C9H6O2.C9H8O2.4C7H16.CH4/c1-2-6-12-10-14-8-4-3-7-13(14)9-11(12)5-1;1-3-7-13(8-4-1)11-12-14-9-5-2-6-10-14;1-3-4-5-8(2)6-9-7-12-11(15)13-10(9)14;10-9-6-5-7-3-1-2-4-8(7)11-9;10-9(11)7-6-8-4-2-1-3-5-8;4*1-4-5-6-7(2)3;/h1-10H;1-12H;7-8H,3-6H2,1-2H3,(H2,12,13,14,15);1-6H;1-7H,(H,10,11);4*7H,4-6H2,1-3H3;1H4/b;12-11+;;;7-6+;;;;;. The van der Waals surface area contributed by atoms with E-state index in [2.05, 4.69) is 204 Å². The monoisotopic (exact) mass is 1280 g/mol. The van der Waals surface area contributed by atoms with Gasteiger partial charge in [0.1, 0.15) is 5.58 Å². The van der Waals surface area contributed by atoms with Crippen LogP contribution in [0.2, 0.25) is 0 Å². The number of carboxylic acids is 1. The molecule has 3 N–H and O–H groups in total. The maximum Gasteiger partial charge on any atom is 0.336 e. The van der Waals surface area contributed by atoms with E-state index in [1.165, 1.54) is 135 Å². The Labute approximate surface area is 568 Å². The molecule has 0 radical (unpaired) electrons. The summed E-state index contributed by atoms with van der Waals surface area (Å²) in [5, 5.41) is 14.5. The molecule has 0 fully saturated rings. The molecule has 2 aromatic heterocycles. The number of hydrogen-bond acceptors (Lipinski definition) is 5. The van der Waals surface area contributed by atoms with E-state index in [1.807, 2.05) is 84.9 Å². The number of unbranched alkanes of at least 4 members (excludes halogenated alkanes) is 5. The zero-order valence-electron chi connectivity index (χ0n) is 59.5. The van der Waals surface area contributed by atoms with E-state index in [4.69, 9.17) is 9.52 Å². The number of rotatable bonds is 21. The molecule has 0 bridgehead atoms. The molecular weight excluding hydrogens is 1160 g/mol. The maximum atomic E-state index is 11.4. The number of para-hydroxylation sites is 1. The second-order valence-electron chi connectivity index (χ2n) is 25.3. The Hall–Kier alpha value is -8.10. The Kier molecular flexibility index (Phi) is 50.6. The number of benzene rings is 7. The largest absolute Gasteiger partial charge is 0.478 e. The van der Waals surface area contributed by atoms with Crippen LogP contribution in [0.25, 0.3) is 50.7 Å². The SMILES string of the molecule is C.C(=C\c1ccccc1)/c1ccccc1.CCCCC(C)C.CCCCC(C)C.CCCCC(C)C.CCCCC(C)C.CCCCC(C)Cc1c[nH]c(=O)[nH]c1=O.O=C(O)/C=C/c1ccccc1.O=c1ccc2ccccc2o1.c1ccc2cc3ccccc3cc2c1. The fraction of sp³-hybridized carbons (Fsp3) is 0.419. The van der Waals surface area contributed by atoms with Crippen molar-refractivity contribution in [3.05, 3.63) is 254 Å². The molecule has 512 valence electrons. The van der Waals surface area contributed by atoms with Crippen LogP contribution in [0.15, 0.2) is 219 Å². The lowest BCUT2D eigenvalue weighted by Crippen LogP contribution is -2.25. The summed E-state index contributed by atoms with van der Waals surface area (Å²) in [6.07, 6.45) is 29.2. The number of fused-ring (bicyclic) bond motifs is 3. The minimum absolute atomic E-state index is 0. The van der Waals surface area contributed by atoms with Gasteiger partial charge in [-0.2, -0.15) is 0 Å². The molecule has 0 saturated carbocycles. The van der Waals surface area contributed by atoms with Crippen molar-refractivity contribution in [2.45, 2.75) is 207 Å². The first-order chi connectivity index (χ1) is 44.7. The summed E-state index contributed by atoms with van der Waals surface area (Å²) in [6, 6.07) is 61.9. The van der Waals surface area contributed by atoms with Gasteiger partial charge in [0.15, 0.2) is 0 Å². The second kappa shape index (κ2) is 55.4. The molecule has 8 heteroatoms. The van der Waals surface area contributed by atoms with Crippen LogP contribution >= 0.6 is 0 Å². The van der Waals surface area contributed by atoms with Crippen molar-refractivity contribution in [1.29, 1.82) is 0 Å². The fourth-order valence-corrected chi connectivity index (χ4v) is 9.02. The fourth-order valence-electron chi connectivity index (χ4n) is 9.02. The molecular formula is C86H122N2O6. The molecule has 0 aliphatic rings. The highest BCUT2D eigenvalue weighted by atomic mass is 16.4. The molecule has 1 atom stereocenters. The average molecular weight is 1280 g/mol. The number of carbonyl (C=O) groups is 1. The lowest BCUT2D eigenvalue weighted by molar-refractivity contribution is -0.131. The Morgan fingerprint density at radius 2 is 0.755 bits per heavy atom. The van der Waals surface area contributed by atoms with E-state index < -0.39 is 11.7 Å². The number of hydrogen-bond donors (Lipinski definition) is 3. The molecule has 0 aliphatic carbocycles. The van der Waals surface area contributed by atoms with Crippen LogP contribution in [0.5, 0.6) is 0 Å². The smallest absolute Gasteiger partial charge is 0.336 e. The van der Waals surface area contributed by atoms with E-state index in [-0.39, 0.29) is 18.6 Å². The molecule has 94 heavy (non-hydrogen) atoms. The lowest BCUT2D eigenvalue weighted by Gasteiger charge is -2.09. The highest BCUT2D eigenvalue weighted by molar-refractivity contribution is 5.98. The molecule has 0 saturated heterocycles. The summed E-state index contributed by atoms with van der Waals surface area (Å²) in [6.45, 7) is 31.4. The quantitative estimate of drug-likeness (QED) is 0.0284. The Balaban J connectivity index is 0.00000105. The van der Waals surface area contributed by atoms with Gasteiger partial charge in [0.25, 0.3) is 5.56 Å². The summed E-state index contributed by atoms with van der Waals surface area (Å²) in [4.78, 5) is 47.7. The highest BCUT2D eigenvalue weighted by Crippen LogP contribution is 2.22. The predicted molar refractivity (Wildman–Crippen MR) is 413 cm³/mol. The summed E-state index contributed by atoms with van der Waals surface area (Å²) >= 11 is 0. The van der Waals surface area contributed by atoms with Crippen LogP contribution in [0.4, 0.5) is 0 Å². The molecule has 0 aliphatic heterocycles. The van der Waals surface area contributed by atoms with Gasteiger partial charge in [0, 0.05) is 29.3 Å². The minimum atomic E-state index is -0.922. The summed E-state index contributed by atoms with van der Waals surface area (Å²) in [5.74, 6) is 3.17. The van der Waals surface area contributed by atoms with Gasteiger partial charge in [-0.1, -0.05) is 371 Å². The lowest BCUT2D eigenvalue weighted by atomic mass is 9.97. The van der Waals surface area contributed by atoms with Crippen molar-refractivity contribution in [3.63, 3.8) is 0 Å². The van der Waals surface area contributed by atoms with E-state index >= 15 is 0 Å². The van der Waals surface area contributed by atoms with E-state index in [9.17, 15) is 19.2 Å². The van der Waals surface area contributed by atoms with Gasteiger partial charge in [0.2, 0.25) is 0 Å². The molecule has 8 nitrogen and oxygen atoms in total. The first-order valence-corrected chi connectivity index (χ1v) is 34.7. The third kappa shape index (κ3) is 45.2. The van der Waals surface area contributed by atoms with Crippen molar-refractivity contribution in [2.75, 3.05) is 0 Å². The number of aliphatic carboxylic acids is 1. The van der Waals surface area contributed by atoms with E-state index in [0.29, 0.717) is 17.1 Å². The number of carboxylic acid groups (broad SMARTS) is 1. The third-order valence-electron chi connectivity index (χ3n) is 14.5. The molecule has 9 rings (SSSR count). The van der Waals surface area contributed by atoms with Crippen LogP contribution in [0.1, 0.15) is 223 Å². The van der Waals surface area contributed by atoms with Crippen LogP contribution in [-0.2, 0) is 11.2 Å². The molecule has 1 unspecified atom stereocenters. The Bertz CT molecular complexity index is 3310. The zero-order chi connectivity index (χ0) is 68.9. The highest BCUT2D eigenvalue weighted by Gasteiger charge is 2.07. The molecule has 0 amide bonds. The predicted octanol–water partition coefficient (Wildman–Crippen LogP) is 24.8. The number of aromatic nitrogens is 2. The van der Waals surface area contributed by atoms with Crippen LogP contribution in [0, 0.1) is 29.6 Å². The Morgan fingerprint density at radius 3 is 1.09 bits per heavy atom. The van der Waals surface area contributed by atoms with Gasteiger partial charge >= 0.3 is 17.3 Å². The van der Waals surface area contributed by atoms with Gasteiger partial charge in [0.05, 0.1) is 0 Å². The first-order valence-electron chi connectivity index (χ1n) is 34.7. The van der Waals surface area contributed by atoms with Gasteiger partial charge in [-0.05, 0) is 105 Å². The zero-order valence-corrected chi connectivity index (χ0v) is 59.5. The van der Waals surface area contributed by atoms with Gasteiger partial charge < -0.3 is 14.5 Å². The van der Waals surface area contributed by atoms with Gasteiger partial charge in [-0.15, -0.1) is 0 Å². The van der Waals surface area contributed by atoms with Gasteiger partial charge in [-0.25, -0.2) is 14.4 Å². The first kappa shape index (κ1) is 85.9. The van der Waals surface area contributed by atoms with Crippen molar-refractivity contribution >= 4 is 56.7 Å². The molecule has 2 heterocycles. The van der Waals surface area contributed by atoms with Crippen molar-refractivity contribution in [2.24, 2.45) is 29.6 Å². The molecule has 7 aromatic carbocycles. The van der Waals surface area contributed by atoms with E-state index in [1.54, 1.807) is 18.2 Å².